The summed E-state index contributed by atoms with van der Waals surface area (Å²) in [5.41, 5.74) is 4.90. The van der Waals surface area contributed by atoms with Crippen LogP contribution in [0.4, 0.5) is 10.1 Å². The highest BCUT2D eigenvalue weighted by Gasteiger charge is 2.45. The van der Waals surface area contributed by atoms with Crippen molar-refractivity contribution in [3.05, 3.63) is 65.5 Å². The van der Waals surface area contributed by atoms with E-state index in [1.54, 1.807) is 0 Å². The Morgan fingerprint density at radius 3 is 2.73 bits per heavy atom. The summed E-state index contributed by atoms with van der Waals surface area (Å²) in [6.07, 6.45) is 11.7. The second kappa shape index (κ2) is 11.9. The van der Waals surface area contributed by atoms with Crippen LogP contribution in [-0.2, 0) is 17.6 Å². The molecule has 3 aliphatic heterocycles. The van der Waals surface area contributed by atoms with E-state index in [4.69, 9.17) is 9.72 Å². The van der Waals surface area contributed by atoms with Crippen LogP contribution in [0.3, 0.4) is 0 Å². The van der Waals surface area contributed by atoms with Crippen molar-refractivity contribution < 1.29 is 13.9 Å². The molecule has 3 fully saturated rings. The molecule has 228 valence electrons. The van der Waals surface area contributed by atoms with Crippen LogP contribution in [0.25, 0.3) is 22.0 Å². The number of halogens is 1. The standard InChI is InChI=1S/C36H40FN5O2/c1-2-31(43)42-20-6-11-25(42)22-39-33-29-15-14-28(27-13-5-10-24-9-3-4-12-26(24)27)32(37)34(29)40-35(30(33)21-38)44-23-36-16-7-18-41(36)19-8-17-36/h2,5,10,13-15,25H,1,3-4,6-9,11-12,16-20,22-23H2,(H,39,40)/t25-/m0/s1. The summed E-state index contributed by atoms with van der Waals surface area (Å²) in [4.78, 5) is 21.6. The first-order valence-corrected chi connectivity index (χ1v) is 16.3. The Bertz CT molecular complexity index is 1650. The zero-order valence-electron chi connectivity index (χ0n) is 25.3. The summed E-state index contributed by atoms with van der Waals surface area (Å²) < 4.78 is 23.2. The first-order valence-electron chi connectivity index (χ1n) is 16.3. The molecule has 0 bridgehead atoms. The van der Waals surface area contributed by atoms with Gasteiger partial charge in [-0.25, -0.2) is 9.37 Å². The second-order valence-electron chi connectivity index (χ2n) is 12.9. The third kappa shape index (κ3) is 4.92. The number of fused-ring (bicyclic) bond motifs is 3. The molecule has 1 aromatic heterocycles. The number of nitriles is 1. The Kier molecular flexibility index (Phi) is 7.75. The number of nitrogens with one attached hydrogen (secondary N) is 1. The summed E-state index contributed by atoms with van der Waals surface area (Å²) in [6.45, 7) is 7.31. The molecule has 1 atom stereocenters. The van der Waals surface area contributed by atoms with Gasteiger partial charge in [0.15, 0.2) is 5.82 Å². The second-order valence-corrected chi connectivity index (χ2v) is 12.9. The number of carbonyl (C=O) groups is 1. The number of aromatic nitrogens is 1. The van der Waals surface area contributed by atoms with Gasteiger partial charge < -0.3 is 15.0 Å². The van der Waals surface area contributed by atoms with Crippen LogP contribution in [0, 0.1) is 17.1 Å². The predicted molar refractivity (Wildman–Crippen MR) is 170 cm³/mol. The maximum Gasteiger partial charge on any atom is 0.246 e. The Hall–Kier alpha value is -3.96. The summed E-state index contributed by atoms with van der Waals surface area (Å²) in [5.74, 6) is -0.325. The van der Waals surface area contributed by atoms with Gasteiger partial charge in [-0.3, -0.25) is 9.69 Å². The first kappa shape index (κ1) is 28.8. The molecule has 44 heavy (non-hydrogen) atoms. The zero-order chi connectivity index (χ0) is 30.3. The van der Waals surface area contributed by atoms with Crippen molar-refractivity contribution in [2.24, 2.45) is 0 Å². The molecular formula is C36H40FN5O2. The van der Waals surface area contributed by atoms with Crippen molar-refractivity contribution in [1.82, 2.24) is 14.8 Å². The topological polar surface area (TPSA) is 81.5 Å². The van der Waals surface area contributed by atoms with Crippen molar-refractivity contribution in [2.45, 2.75) is 75.8 Å². The lowest BCUT2D eigenvalue weighted by Crippen LogP contribution is -2.43. The minimum absolute atomic E-state index is 0.0458. The molecule has 4 heterocycles. The molecule has 0 unspecified atom stereocenters. The van der Waals surface area contributed by atoms with Gasteiger partial charge in [-0.1, -0.05) is 30.8 Å². The van der Waals surface area contributed by atoms with Crippen LogP contribution in [0.15, 0.2) is 43.0 Å². The number of aryl methyl sites for hydroxylation is 1. The van der Waals surface area contributed by atoms with Crippen molar-refractivity contribution in [3.8, 4) is 23.1 Å². The predicted octanol–water partition coefficient (Wildman–Crippen LogP) is 6.39. The van der Waals surface area contributed by atoms with Gasteiger partial charge >= 0.3 is 0 Å². The van der Waals surface area contributed by atoms with E-state index in [2.05, 4.69) is 28.9 Å². The lowest BCUT2D eigenvalue weighted by Gasteiger charge is -2.31. The Morgan fingerprint density at radius 2 is 1.93 bits per heavy atom. The van der Waals surface area contributed by atoms with Crippen LogP contribution in [0.5, 0.6) is 5.88 Å². The van der Waals surface area contributed by atoms with Crippen LogP contribution in [0.2, 0.25) is 0 Å². The molecule has 1 amide bonds. The molecule has 3 saturated heterocycles. The minimum Gasteiger partial charge on any atom is -0.475 e. The number of carbonyl (C=O) groups excluding carboxylic acids is 1. The number of rotatable bonds is 8. The van der Waals surface area contributed by atoms with Crippen molar-refractivity contribution >= 4 is 22.5 Å². The largest absolute Gasteiger partial charge is 0.475 e. The molecule has 7 rings (SSSR count). The van der Waals surface area contributed by atoms with Crippen molar-refractivity contribution in [1.29, 1.82) is 5.26 Å². The van der Waals surface area contributed by atoms with E-state index >= 15 is 4.39 Å². The third-order valence-corrected chi connectivity index (χ3v) is 10.5. The molecule has 0 radical (unpaired) electrons. The SMILES string of the molecule is C=CC(=O)N1CCC[C@H]1CNc1c(C#N)c(OCC23CCCN2CCC3)nc2c(F)c(-c3cccc4c3CCCC4)ccc12. The van der Waals surface area contributed by atoms with E-state index in [0.717, 1.165) is 82.9 Å². The monoisotopic (exact) mass is 593 g/mol. The Labute approximate surface area is 258 Å². The molecule has 0 spiro atoms. The Morgan fingerprint density at radius 1 is 1.11 bits per heavy atom. The van der Waals surface area contributed by atoms with Crippen LogP contribution < -0.4 is 10.1 Å². The average Bonchev–Trinajstić information content (AvgIpc) is 3.79. The van der Waals surface area contributed by atoms with Crippen molar-refractivity contribution in [2.75, 3.05) is 38.1 Å². The van der Waals surface area contributed by atoms with Crippen molar-refractivity contribution in [3.63, 3.8) is 0 Å². The molecule has 2 aromatic carbocycles. The lowest BCUT2D eigenvalue weighted by atomic mass is 9.85. The summed E-state index contributed by atoms with van der Waals surface area (Å²) in [6, 6.07) is 12.2. The van der Waals surface area contributed by atoms with Gasteiger partial charge in [-0.15, -0.1) is 0 Å². The number of likely N-dealkylation sites (tertiary alicyclic amines) is 1. The zero-order valence-corrected chi connectivity index (χ0v) is 25.3. The van der Waals surface area contributed by atoms with Gasteiger partial charge in [-0.05, 0) is 106 Å². The number of pyridine rings is 1. The molecule has 1 N–H and O–H groups in total. The van der Waals surface area contributed by atoms with Gasteiger partial charge in [0.1, 0.15) is 23.8 Å². The summed E-state index contributed by atoms with van der Waals surface area (Å²) in [5, 5.41) is 14.5. The van der Waals surface area contributed by atoms with Gasteiger partial charge in [0.05, 0.1) is 11.2 Å². The molecule has 8 heteroatoms. The smallest absolute Gasteiger partial charge is 0.246 e. The fraction of sp³-hybridized carbons (Fsp3) is 0.472. The van der Waals surface area contributed by atoms with Gasteiger partial charge in [0, 0.05) is 30.1 Å². The molecule has 1 aliphatic carbocycles. The molecule has 3 aromatic rings. The molecule has 0 saturated carbocycles. The number of nitrogens with zero attached hydrogens (tertiary/aromatic N) is 4. The highest BCUT2D eigenvalue weighted by Crippen LogP contribution is 2.42. The molecule has 7 nitrogen and oxygen atoms in total. The Balaban J connectivity index is 1.31. The lowest BCUT2D eigenvalue weighted by molar-refractivity contribution is -0.126. The summed E-state index contributed by atoms with van der Waals surface area (Å²) >= 11 is 0. The number of anilines is 1. The van der Waals surface area contributed by atoms with E-state index in [9.17, 15) is 10.1 Å². The fourth-order valence-electron chi connectivity index (χ4n) is 8.25. The maximum absolute atomic E-state index is 16.7. The maximum atomic E-state index is 16.7. The third-order valence-electron chi connectivity index (χ3n) is 10.5. The van der Waals surface area contributed by atoms with E-state index in [0.29, 0.717) is 36.3 Å². The fourth-order valence-corrected chi connectivity index (χ4v) is 8.25. The van der Waals surface area contributed by atoms with E-state index in [1.165, 1.54) is 17.2 Å². The van der Waals surface area contributed by atoms with E-state index in [-0.39, 0.29) is 34.4 Å². The highest BCUT2D eigenvalue weighted by atomic mass is 19.1. The number of amides is 1. The van der Waals surface area contributed by atoms with E-state index < -0.39 is 5.82 Å². The van der Waals surface area contributed by atoms with E-state index in [1.807, 2.05) is 29.2 Å². The minimum atomic E-state index is -0.398. The number of hydrogen-bond donors (Lipinski definition) is 1. The summed E-state index contributed by atoms with van der Waals surface area (Å²) in [7, 11) is 0. The van der Waals surface area contributed by atoms with Crippen LogP contribution in [0.1, 0.15) is 68.1 Å². The molecular weight excluding hydrogens is 553 g/mol. The number of hydrogen-bond acceptors (Lipinski definition) is 6. The number of ether oxygens (including phenoxy) is 1. The quantitative estimate of drug-likeness (QED) is 0.305. The average molecular weight is 594 g/mol. The number of benzene rings is 2. The van der Waals surface area contributed by atoms with Crippen LogP contribution >= 0.6 is 0 Å². The first-order chi connectivity index (χ1) is 21.5. The van der Waals surface area contributed by atoms with Gasteiger partial charge in [0.2, 0.25) is 11.8 Å². The highest BCUT2D eigenvalue weighted by molar-refractivity contribution is 5.98. The normalized spacial score (nSPS) is 20.7. The van der Waals surface area contributed by atoms with Crippen LogP contribution in [-0.4, -0.2) is 65.1 Å². The van der Waals surface area contributed by atoms with Gasteiger partial charge in [-0.2, -0.15) is 5.26 Å². The molecule has 4 aliphatic rings. The van der Waals surface area contributed by atoms with Gasteiger partial charge in [0.25, 0.3) is 0 Å².